The fourth-order valence-corrected chi connectivity index (χ4v) is 3.17. The summed E-state index contributed by atoms with van der Waals surface area (Å²) >= 11 is 0. The molecule has 1 fully saturated rings. The van der Waals surface area contributed by atoms with Crippen molar-refractivity contribution in [1.29, 1.82) is 0 Å². The van der Waals surface area contributed by atoms with E-state index in [-0.39, 0.29) is 11.9 Å². The van der Waals surface area contributed by atoms with Gasteiger partial charge in [0.2, 0.25) is 0 Å². The second-order valence-electron chi connectivity index (χ2n) is 6.92. The summed E-state index contributed by atoms with van der Waals surface area (Å²) in [5, 5.41) is 2.93. The van der Waals surface area contributed by atoms with E-state index in [0.29, 0.717) is 0 Å². The van der Waals surface area contributed by atoms with Crippen molar-refractivity contribution in [2.45, 2.75) is 26.4 Å². The summed E-state index contributed by atoms with van der Waals surface area (Å²) in [5.74, 6) is -0.00183. The zero-order chi connectivity index (χ0) is 17.6. The second kappa shape index (κ2) is 8.17. The molecular weight excluding hydrogens is 310 g/mol. The first-order chi connectivity index (χ1) is 12.1. The van der Waals surface area contributed by atoms with Gasteiger partial charge in [0.25, 0.3) is 5.91 Å². The van der Waals surface area contributed by atoms with Gasteiger partial charge < -0.3 is 10.2 Å². The molecule has 0 atom stereocenters. The number of anilines is 1. The van der Waals surface area contributed by atoms with E-state index < -0.39 is 0 Å². The topological polar surface area (TPSA) is 35.6 Å². The Kier molecular flexibility index (Phi) is 5.71. The number of hydrogen-bond donors (Lipinski definition) is 1. The van der Waals surface area contributed by atoms with Crippen molar-refractivity contribution in [1.82, 2.24) is 10.2 Å². The molecule has 0 saturated carbocycles. The van der Waals surface area contributed by atoms with Crippen LogP contribution in [0.2, 0.25) is 0 Å². The van der Waals surface area contributed by atoms with Gasteiger partial charge in [-0.15, -0.1) is 0 Å². The summed E-state index contributed by atoms with van der Waals surface area (Å²) in [5.41, 5.74) is 3.29. The molecule has 3 rings (SSSR count). The van der Waals surface area contributed by atoms with Gasteiger partial charge in [-0.1, -0.05) is 30.3 Å². The number of amides is 1. The standard InChI is InChI=1S/C21H27N3O/c1-17(2)22-21(25)19-10-8-18(9-11-19)16-23-12-14-24(15-13-23)20-6-4-3-5-7-20/h3-11,17H,12-16H2,1-2H3,(H,22,25). The highest BCUT2D eigenvalue weighted by Crippen LogP contribution is 2.17. The minimum absolute atomic E-state index is 0.00183. The number of rotatable bonds is 5. The lowest BCUT2D eigenvalue weighted by Crippen LogP contribution is -2.45. The molecule has 1 amide bonds. The van der Waals surface area contributed by atoms with Crippen LogP contribution in [-0.2, 0) is 6.54 Å². The SMILES string of the molecule is CC(C)NC(=O)c1ccc(CN2CCN(c3ccccc3)CC2)cc1. The Morgan fingerprint density at radius 1 is 0.960 bits per heavy atom. The molecule has 2 aromatic carbocycles. The minimum Gasteiger partial charge on any atom is -0.369 e. The van der Waals surface area contributed by atoms with Crippen molar-refractivity contribution < 1.29 is 4.79 Å². The number of nitrogens with zero attached hydrogens (tertiary/aromatic N) is 2. The summed E-state index contributed by atoms with van der Waals surface area (Å²) in [6.45, 7) is 9.12. The van der Waals surface area contributed by atoms with Crippen LogP contribution in [0.1, 0.15) is 29.8 Å². The molecule has 1 aliphatic heterocycles. The summed E-state index contributed by atoms with van der Waals surface area (Å²) < 4.78 is 0. The molecule has 1 aliphatic rings. The maximum atomic E-state index is 12.0. The van der Waals surface area contributed by atoms with E-state index in [1.807, 2.05) is 26.0 Å². The van der Waals surface area contributed by atoms with Crippen molar-refractivity contribution in [3.05, 3.63) is 65.7 Å². The molecular formula is C21H27N3O. The molecule has 25 heavy (non-hydrogen) atoms. The zero-order valence-electron chi connectivity index (χ0n) is 15.1. The Labute approximate surface area is 150 Å². The van der Waals surface area contributed by atoms with E-state index >= 15 is 0 Å². The van der Waals surface area contributed by atoms with Crippen molar-refractivity contribution >= 4 is 11.6 Å². The van der Waals surface area contributed by atoms with E-state index in [9.17, 15) is 4.79 Å². The Balaban J connectivity index is 1.51. The lowest BCUT2D eigenvalue weighted by atomic mass is 10.1. The molecule has 0 bridgehead atoms. The Bertz CT molecular complexity index is 674. The van der Waals surface area contributed by atoms with Crippen molar-refractivity contribution in [3.8, 4) is 0 Å². The van der Waals surface area contributed by atoms with Crippen LogP contribution in [0, 0.1) is 0 Å². The Morgan fingerprint density at radius 3 is 2.20 bits per heavy atom. The molecule has 1 N–H and O–H groups in total. The molecule has 4 heteroatoms. The monoisotopic (exact) mass is 337 g/mol. The largest absolute Gasteiger partial charge is 0.369 e. The van der Waals surface area contributed by atoms with Gasteiger partial charge in [-0.25, -0.2) is 0 Å². The number of hydrogen-bond acceptors (Lipinski definition) is 3. The third kappa shape index (κ3) is 4.83. The predicted molar refractivity (Wildman–Crippen MR) is 103 cm³/mol. The average molecular weight is 337 g/mol. The Morgan fingerprint density at radius 2 is 1.60 bits per heavy atom. The van der Waals surface area contributed by atoms with Crippen LogP contribution in [0.4, 0.5) is 5.69 Å². The number of nitrogens with one attached hydrogen (secondary N) is 1. The van der Waals surface area contributed by atoms with Gasteiger partial charge in [-0.05, 0) is 43.7 Å². The van der Waals surface area contributed by atoms with E-state index in [0.717, 1.165) is 38.3 Å². The first kappa shape index (κ1) is 17.5. The van der Waals surface area contributed by atoms with Crippen LogP contribution < -0.4 is 10.2 Å². The molecule has 2 aromatic rings. The minimum atomic E-state index is -0.00183. The van der Waals surface area contributed by atoms with Crippen LogP contribution in [0.25, 0.3) is 0 Å². The molecule has 4 nitrogen and oxygen atoms in total. The average Bonchev–Trinajstić information content (AvgIpc) is 2.63. The van der Waals surface area contributed by atoms with Crippen molar-refractivity contribution in [2.75, 3.05) is 31.1 Å². The third-order valence-electron chi connectivity index (χ3n) is 4.54. The first-order valence-corrected chi connectivity index (χ1v) is 9.04. The number of carbonyl (C=O) groups excluding carboxylic acids is 1. The molecule has 0 unspecified atom stereocenters. The predicted octanol–water partition coefficient (Wildman–Crippen LogP) is 3.15. The fraction of sp³-hybridized carbons (Fsp3) is 0.381. The van der Waals surface area contributed by atoms with Crippen LogP contribution in [-0.4, -0.2) is 43.0 Å². The normalized spacial score (nSPS) is 15.4. The van der Waals surface area contributed by atoms with Gasteiger partial charge >= 0.3 is 0 Å². The van der Waals surface area contributed by atoms with Gasteiger partial charge in [-0.2, -0.15) is 0 Å². The number of piperazine rings is 1. The maximum Gasteiger partial charge on any atom is 0.251 e. The second-order valence-corrected chi connectivity index (χ2v) is 6.92. The lowest BCUT2D eigenvalue weighted by Gasteiger charge is -2.36. The van der Waals surface area contributed by atoms with Gasteiger partial charge in [0.05, 0.1) is 0 Å². The van der Waals surface area contributed by atoms with Crippen LogP contribution in [0.3, 0.4) is 0 Å². The number of benzene rings is 2. The molecule has 0 spiro atoms. The quantitative estimate of drug-likeness (QED) is 0.910. The van der Waals surface area contributed by atoms with E-state index in [2.05, 4.69) is 57.6 Å². The van der Waals surface area contributed by atoms with E-state index in [1.165, 1.54) is 11.3 Å². The molecule has 0 aromatic heterocycles. The van der Waals surface area contributed by atoms with Gasteiger partial charge in [0.15, 0.2) is 0 Å². The maximum absolute atomic E-state index is 12.0. The zero-order valence-corrected chi connectivity index (χ0v) is 15.1. The number of carbonyl (C=O) groups is 1. The third-order valence-corrected chi connectivity index (χ3v) is 4.54. The van der Waals surface area contributed by atoms with Crippen LogP contribution >= 0.6 is 0 Å². The van der Waals surface area contributed by atoms with Crippen molar-refractivity contribution in [2.24, 2.45) is 0 Å². The highest BCUT2D eigenvalue weighted by molar-refractivity contribution is 5.94. The highest BCUT2D eigenvalue weighted by Gasteiger charge is 2.17. The highest BCUT2D eigenvalue weighted by atomic mass is 16.1. The number of para-hydroxylation sites is 1. The van der Waals surface area contributed by atoms with Gasteiger partial charge in [0, 0.05) is 50.0 Å². The molecule has 0 aliphatic carbocycles. The molecule has 132 valence electrons. The summed E-state index contributed by atoms with van der Waals surface area (Å²) in [6, 6.07) is 18.8. The van der Waals surface area contributed by atoms with Crippen molar-refractivity contribution in [3.63, 3.8) is 0 Å². The van der Waals surface area contributed by atoms with Crippen LogP contribution in [0.5, 0.6) is 0 Å². The summed E-state index contributed by atoms with van der Waals surface area (Å²) in [7, 11) is 0. The Hall–Kier alpha value is -2.33. The van der Waals surface area contributed by atoms with Gasteiger partial charge in [-0.3, -0.25) is 9.69 Å². The lowest BCUT2D eigenvalue weighted by molar-refractivity contribution is 0.0943. The summed E-state index contributed by atoms with van der Waals surface area (Å²) in [6.07, 6.45) is 0. The van der Waals surface area contributed by atoms with E-state index in [4.69, 9.17) is 0 Å². The summed E-state index contributed by atoms with van der Waals surface area (Å²) in [4.78, 5) is 16.9. The van der Waals surface area contributed by atoms with E-state index in [1.54, 1.807) is 0 Å². The first-order valence-electron chi connectivity index (χ1n) is 9.04. The molecule has 0 radical (unpaired) electrons. The molecule has 1 saturated heterocycles. The smallest absolute Gasteiger partial charge is 0.251 e. The molecule has 1 heterocycles. The van der Waals surface area contributed by atoms with Gasteiger partial charge in [0.1, 0.15) is 0 Å². The van der Waals surface area contributed by atoms with Crippen LogP contribution in [0.15, 0.2) is 54.6 Å². The fourth-order valence-electron chi connectivity index (χ4n) is 3.17.